The van der Waals surface area contributed by atoms with Gasteiger partial charge in [-0.25, -0.2) is 12.4 Å². The molecule has 0 bridgehead atoms. The minimum Gasteiger partial charge on any atom is -0.233 e. The minimum atomic E-state index is -3.78. The average Bonchev–Trinajstić information content (AvgIpc) is 3.06. The molecule has 0 spiro atoms. The average molecular weight is 412 g/mol. The number of rotatable bonds is 3. The standard InChI is InChI=1S/C26H21NO2S/c1-18-9-13-20(14-10-18)17-25-23-7-3-5-21-6-4-8-24(26(21)23)27(25)30(28,29)22-15-11-19(2)12-16-22/h3-17H,1-2H3/b25-17-. The van der Waals surface area contributed by atoms with E-state index < -0.39 is 10.0 Å². The van der Waals surface area contributed by atoms with Crippen LogP contribution < -0.4 is 5.35 Å². The summed E-state index contributed by atoms with van der Waals surface area (Å²) >= 11 is 0. The molecule has 0 N–H and O–H groups in total. The van der Waals surface area contributed by atoms with E-state index in [-0.39, 0.29) is 4.90 Å². The van der Waals surface area contributed by atoms with E-state index in [1.165, 1.54) is 3.97 Å². The van der Waals surface area contributed by atoms with Crippen LogP contribution in [0.25, 0.3) is 27.8 Å². The van der Waals surface area contributed by atoms with Crippen molar-refractivity contribution in [2.75, 3.05) is 0 Å². The molecule has 0 aliphatic heterocycles. The predicted molar refractivity (Wildman–Crippen MR) is 123 cm³/mol. The van der Waals surface area contributed by atoms with Crippen molar-refractivity contribution in [2.45, 2.75) is 18.7 Å². The molecule has 0 atom stereocenters. The fraction of sp³-hybridized carbons (Fsp3) is 0.0769. The van der Waals surface area contributed by atoms with Crippen molar-refractivity contribution in [3.05, 3.63) is 107 Å². The van der Waals surface area contributed by atoms with Crippen LogP contribution in [0, 0.1) is 13.8 Å². The highest BCUT2D eigenvalue weighted by Crippen LogP contribution is 2.28. The molecule has 0 aliphatic rings. The summed E-state index contributed by atoms with van der Waals surface area (Å²) in [6.07, 6.45) is 1.96. The first-order valence-corrected chi connectivity index (χ1v) is 11.3. The zero-order valence-electron chi connectivity index (χ0n) is 16.8. The van der Waals surface area contributed by atoms with Crippen molar-refractivity contribution in [3.8, 4) is 0 Å². The van der Waals surface area contributed by atoms with Gasteiger partial charge in [0, 0.05) is 10.8 Å². The summed E-state index contributed by atoms with van der Waals surface area (Å²) in [5, 5.41) is 3.60. The Balaban J connectivity index is 1.93. The van der Waals surface area contributed by atoms with Gasteiger partial charge in [-0.2, -0.15) is 0 Å². The van der Waals surface area contributed by atoms with Gasteiger partial charge in [-0.15, -0.1) is 0 Å². The Morgan fingerprint density at radius 3 is 2.00 bits per heavy atom. The first-order chi connectivity index (χ1) is 14.4. The quantitative estimate of drug-likeness (QED) is 0.410. The van der Waals surface area contributed by atoms with Crippen LogP contribution in [0.4, 0.5) is 0 Å². The second kappa shape index (κ2) is 6.85. The zero-order valence-corrected chi connectivity index (χ0v) is 17.6. The van der Waals surface area contributed by atoms with Crippen LogP contribution in [0.2, 0.25) is 0 Å². The van der Waals surface area contributed by atoms with Crippen LogP contribution in [-0.4, -0.2) is 12.4 Å². The molecule has 1 aromatic heterocycles. The fourth-order valence-corrected chi connectivity index (χ4v) is 5.49. The number of nitrogens with zero attached hydrogens (tertiary/aromatic N) is 1. The summed E-state index contributed by atoms with van der Waals surface area (Å²) in [6, 6.07) is 26.9. The van der Waals surface area contributed by atoms with E-state index in [0.29, 0.717) is 10.9 Å². The summed E-state index contributed by atoms with van der Waals surface area (Å²) in [5.41, 5.74) is 3.85. The highest BCUT2D eigenvalue weighted by atomic mass is 32.2. The predicted octanol–water partition coefficient (Wildman–Crippen LogP) is 5.20. The Hall–Kier alpha value is -3.37. The first-order valence-electron chi connectivity index (χ1n) is 9.88. The van der Waals surface area contributed by atoms with Gasteiger partial charge in [0.2, 0.25) is 0 Å². The van der Waals surface area contributed by atoms with Crippen molar-refractivity contribution in [1.29, 1.82) is 0 Å². The molecule has 148 valence electrons. The Labute approximate surface area is 175 Å². The van der Waals surface area contributed by atoms with Gasteiger partial charge in [-0.1, -0.05) is 77.9 Å². The molecular formula is C26H21NO2S. The third-order valence-corrected chi connectivity index (χ3v) is 7.28. The lowest BCUT2D eigenvalue weighted by atomic mass is 10.1. The van der Waals surface area contributed by atoms with Gasteiger partial charge >= 0.3 is 0 Å². The number of aryl methyl sites for hydroxylation is 2. The van der Waals surface area contributed by atoms with Gasteiger partial charge in [0.05, 0.1) is 15.8 Å². The van der Waals surface area contributed by atoms with Crippen LogP contribution in [0.1, 0.15) is 16.7 Å². The van der Waals surface area contributed by atoms with Gasteiger partial charge in [-0.05, 0) is 49.1 Å². The lowest BCUT2D eigenvalue weighted by Gasteiger charge is -2.09. The third kappa shape index (κ3) is 2.92. The van der Waals surface area contributed by atoms with E-state index in [9.17, 15) is 8.42 Å². The molecule has 5 rings (SSSR count). The first kappa shape index (κ1) is 18.6. The van der Waals surface area contributed by atoms with Crippen molar-refractivity contribution in [1.82, 2.24) is 3.97 Å². The highest BCUT2D eigenvalue weighted by Gasteiger charge is 2.23. The van der Waals surface area contributed by atoms with Crippen LogP contribution in [0.3, 0.4) is 0 Å². The lowest BCUT2D eigenvalue weighted by molar-refractivity contribution is 0.588. The van der Waals surface area contributed by atoms with Crippen molar-refractivity contribution >= 4 is 37.8 Å². The normalized spacial score (nSPS) is 12.8. The van der Waals surface area contributed by atoms with Crippen molar-refractivity contribution in [2.24, 2.45) is 0 Å². The van der Waals surface area contributed by atoms with Gasteiger partial charge in [0.1, 0.15) is 0 Å². The molecular weight excluding hydrogens is 390 g/mol. The maximum atomic E-state index is 13.8. The van der Waals surface area contributed by atoms with Crippen LogP contribution in [-0.2, 0) is 10.0 Å². The van der Waals surface area contributed by atoms with Gasteiger partial charge in [0.15, 0.2) is 0 Å². The fourth-order valence-electron chi connectivity index (χ4n) is 3.97. The molecule has 0 aliphatic carbocycles. The summed E-state index contributed by atoms with van der Waals surface area (Å²) in [6.45, 7) is 3.99. The van der Waals surface area contributed by atoms with Gasteiger partial charge < -0.3 is 0 Å². The van der Waals surface area contributed by atoms with E-state index in [1.54, 1.807) is 12.1 Å². The minimum absolute atomic E-state index is 0.285. The van der Waals surface area contributed by atoms with Gasteiger partial charge in [0.25, 0.3) is 10.0 Å². The Morgan fingerprint density at radius 1 is 0.733 bits per heavy atom. The molecule has 4 heteroatoms. The van der Waals surface area contributed by atoms with E-state index in [1.807, 2.05) is 92.7 Å². The molecule has 0 saturated carbocycles. The van der Waals surface area contributed by atoms with E-state index in [2.05, 4.69) is 0 Å². The van der Waals surface area contributed by atoms with E-state index in [4.69, 9.17) is 0 Å². The molecule has 0 fully saturated rings. The van der Waals surface area contributed by atoms with E-state index >= 15 is 0 Å². The molecule has 0 amide bonds. The topological polar surface area (TPSA) is 39.1 Å². The molecule has 3 nitrogen and oxygen atoms in total. The molecule has 5 aromatic rings. The smallest absolute Gasteiger partial charge is 0.233 e. The van der Waals surface area contributed by atoms with Crippen LogP contribution in [0.5, 0.6) is 0 Å². The molecule has 4 aromatic carbocycles. The summed E-state index contributed by atoms with van der Waals surface area (Å²) in [4.78, 5) is 0.285. The maximum absolute atomic E-state index is 13.8. The highest BCUT2D eigenvalue weighted by molar-refractivity contribution is 7.90. The zero-order chi connectivity index (χ0) is 20.9. The van der Waals surface area contributed by atoms with Gasteiger partial charge in [-0.3, -0.25) is 0 Å². The largest absolute Gasteiger partial charge is 0.268 e. The molecule has 30 heavy (non-hydrogen) atoms. The Kier molecular flexibility index (Phi) is 4.26. The maximum Gasteiger partial charge on any atom is 0.268 e. The molecule has 0 unspecified atom stereocenters. The van der Waals surface area contributed by atoms with Crippen molar-refractivity contribution in [3.63, 3.8) is 0 Å². The number of benzene rings is 4. The summed E-state index contributed by atoms with van der Waals surface area (Å²) in [5.74, 6) is 0. The molecule has 0 saturated heterocycles. The SMILES string of the molecule is Cc1ccc(/C=c2/c3cccc4cccc(c43)n2S(=O)(=O)c2ccc(C)cc2)cc1. The number of hydrogen-bond acceptors (Lipinski definition) is 2. The third-order valence-electron chi connectivity index (χ3n) is 5.54. The Bertz CT molecular complexity index is 1540. The number of aromatic nitrogens is 1. The summed E-state index contributed by atoms with van der Waals surface area (Å²) < 4.78 is 29.1. The second-order valence-electron chi connectivity index (χ2n) is 7.70. The molecule has 0 radical (unpaired) electrons. The van der Waals surface area contributed by atoms with Crippen molar-refractivity contribution < 1.29 is 8.42 Å². The summed E-state index contributed by atoms with van der Waals surface area (Å²) in [7, 11) is -3.78. The Morgan fingerprint density at radius 2 is 1.33 bits per heavy atom. The van der Waals surface area contributed by atoms with Crippen LogP contribution in [0.15, 0.2) is 89.8 Å². The van der Waals surface area contributed by atoms with E-state index in [0.717, 1.165) is 32.8 Å². The monoisotopic (exact) mass is 411 g/mol. The second-order valence-corrected chi connectivity index (χ2v) is 9.49. The number of hydrogen-bond donors (Lipinski definition) is 0. The lowest BCUT2D eigenvalue weighted by Crippen LogP contribution is -2.25. The molecule has 1 heterocycles. The van der Waals surface area contributed by atoms with Crippen LogP contribution >= 0.6 is 0 Å².